The summed E-state index contributed by atoms with van der Waals surface area (Å²) in [5, 5.41) is 6.50. The molecule has 2 atom stereocenters. The number of hydrogen-bond donors (Lipinski definition) is 2. The smallest absolute Gasteiger partial charge is 0.220 e. The minimum atomic E-state index is 0. The Morgan fingerprint density at radius 3 is 2.74 bits per heavy atom. The van der Waals surface area contributed by atoms with Crippen LogP contribution < -0.4 is 10.6 Å². The minimum Gasteiger partial charge on any atom is -0.381 e. The molecule has 0 aromatic rings. The number of carbonyl (C=O) groups is 1. The second-order valence-electron chi connectivity index (χ2n) is 5.70. The number of nitrogens with one attached hydrogen (secondary N) is 2. The summed E-state index contributed by atoms with van der Waals surface area (Å²) in [6, 6.07) is 0.295. The van der Waals surface area contributed by atoms with E-state index in [2.05, 4.69) is 17.6 Å². The Morgan fingerprint density at radius 1 is 1.37 bits per heavy atom. The third-order valence-electron chi connectivity index (χ3n) is 4.30. The molecule has 0 radical (unpaired) electrons. The fourth-order valence-electron chi connectivity index (χ4n) is 2.96. The molecule has 2 fully saturated rings. The Kier molecular flexibility index (Phi) is 7.73. The Hall–Kier alpha value is -0.320. The van der Waals surface area contributed by atoms with Gasteiger partial charge in [0.2, 0.25) is 5.91 Å². The van der Waals surface area contributed by atoms with E-state index in [-0.39, 0.29) is 18.3 Å². The molecular weight excluding hydrogens is 264 g/mol. The van der Waals surface area contributed by atoms with Gasteiger partial charge in [0.05, 0.1) is 0 Å². The van der Waals surface area contributed by atoms with Gasteiger partial charge in [0.1, 0.15) is 0 Å². The van der Waals surface area contributed by atoms with Gasteiger partial charge < -0.3 is 15.4 Å². The monoisotopic (exact) mass is 290 g/mol. The van der Waals surface area contributed by atoms with Gasteiger partial charge in [-0.15, -0.1) is 12.4 Å². The fourth-order valence-corrected chi connectivity index (χ4v) is 2.96. The van der Waals surface area contributed by atoms with Crippen molar-refractivity contribution in [2.45, 2.75) is 45.1 Å². The summed E-state index contributed by atoms with van der Waals surface area (Å²) in [6.45, 7) is 6.02. The topological polar surface area (TPSA) is 50.4 Å². The van der Waals surface area contributed by atoms with Crippen LogP contribution in [-0.4, -0.2) is 38.3 Å². The van der Waals surface area contributed by atoms with E-state index in [9.17, 15) is 4.79 Å². The van der Waals surface area contributed by atoms with Crippen LogP contribution in [0.5, 0.6) is 0 Å². The normalized spacial score (nSPS) is 25.6. The molecule has 4 nitrogen and oxygen atoms in total. The first-order valence-corrected chi connectivity index (χ1v) is 7.33. The summed E-state index contributed by atoms with van der Waals surface area (Å²) in [5.41, 5.74) is 0. The minimum absolute atomic E-state index is 0. The number of amides is 1. The number of rotatable bonds is 5. The molecule has 2 heterocycles. The largest absolute Gasteiger partial charge is 0.381 e. The van der Waals surface area contributed by atoms with Crippen LogP contribution in [0, 0.1) is 11.8 Å². The van der Waals surface area contributed by atoms with Crippen molar-refractivity contribution >= 4 is 18.3 Å². The second kappa shape index (κ2) is 8.77. The zero-order chi connectivity index (χ0) is 12.8. The maximum absolute atomic E-state index is 11.9. The number of carbonyl (C=O) groups excluding carboxylic acids is 1. The van der Waals surface area contributed by atoms with Gasteiger partial charge >= 0.3 is 0 Å². The van der Waals surface area contributed by atoms with Gasteiger partial charge in [-0.05, 0) is 57.5 Å². The van der Waals surface area contributed by atoms with Crippen LogP contribution in [-0.2, 0) is 9.53 Å². The highest BCUT2D eigenvalue weighted by Gasteiger charge is 2.22. The molecule has 2 saturated heterocycles. The van der Waals surface area contributed by atoms with E-state index in [1.807, 2.05) is 0 Å². The van der Waals surface area contributed by atoms with Crippen LogP contribution in [0.1, 0.15) is 39.0 Å². The Morgan fingerprint density at radius 2 is 2.11 bits per heavy atom. The average Bonchev–Trinajstić information content (AvgIpc) is 2.90. The molecule has 2 aliphatic rings. The molecule has 112 valence electrons. The molecule has 2 rings (SSSR count). The molecule has 19 heavy (non-hydrogen) atoms. The predicted octanol–water partition coefficient (Wildman–Crippen LogP) is 1.73. The summed E-state index contributed by atoms with van der Waals surface area (Å²) in [5.74, 6) is 1.52. The molecular formula is C14H27ClN2O2. The van der Waals surface area contributed by atoms with Crippen molar-refractivity contribution in [2.75, 3.05) is 26.3 Å². The molecule has 0 aromatic carbocycles. The third-order valence-corrected chi connectivity index (χ3v) is 4.30. The lowest BCUT2D eigenvalue weighted by molar-refractivity contribution is -0.122. The quantitative estimate of drug-likeness (QED) is 0.811. The number of hydrogen-bond acceptors (Lipinski definition) is 3. The molecule has 0 bridgehead atoms. The molecule has 0 aromatic heterocycles. The first-order valence-electron chi connectivity index (χ1n) is 7.33. The molecule has 2 aliphatic heterocycles. The van der Waals surface area contributed by atoms with Crippen molar-refractivity contribution in [2.24, 2.45) is 11.8 Å². The highest BCUT2D eigenvalue weighted by Crippen LogP contribution is 2.19. The first-order chi connectivity index (χ1) is 8.75. The van der Waals surface area contributed by atoms with Crippen molar-refractivity contribution in [3.8, 4) is 0 Å². The van der Waals surface area contributed by atoms with E-state index in [0.717, 1.165) is 45.6 Å². The van der Waals surface area contributed by atoms with Gasteiger partial charge in [-0.1, -0.05) is 0 Å². The Balaban J connectivity index is 0.00000180. The summed E-state index contributed by atoms with van der Waals surface area (Å²) in [7, 11) is 0. The van der Waals surface area contributed by atoms with Crippen LogP contribution in [0.15, 0.2) is 0 Å². The molecule has 2 unspecified atom stereocenters. The van der Waals surface area contributed by atoms with E-state index in [0.29, 0.717) is 24.3 Å². The van der Waals surface area contributed by atoms with Gasteiger partial charge in [-0.2, -0.15) is 0 Å². The number of ether oxygens (including phenoxy) is 1. The molecule has 0 aliphatic carbocycles. The van der Waals surface area contributed by atoms with Gasteiger partial charge in [0.25, 0.3) is 0 Å². The molecule has 0 spiro atoms. The fraction of sp³-hybridized carbons (Fsp3) is 0.929. The summed E-state index contributed by atoms with van der Waals surface area (Å²) < 4.78 is 5.35. The van der Waals surface area contributed by atoms with E-state index in [1.165, 1.54) is 6.42 Å². The van der Waals surface area contributed by atoms with Crippen LogP contribution in [0.25, 0.3) is 0 Å². The average molecular weight is 291 g/mol. The predicted molar refractivity (Wildman–Crippen MR) is 78.6 cm³/mol. The zero-order valence-corrected chi connectivity index (χ0v) is 12.6. The van der Waals surface area contributed by atoms with Gasteiger partial charge in [0, 0.05) is 25.7 Å². The summed E-state index contributed by atoms with van der Waals surface area (Å²) >= 11 is 0. The van der Waals surface area contributed by atoms with Crippen LogP contribution in [0.4, 0.5) is 0 Å². The Bertz CT molecular complexity index is 264. The van der Waals surface area contributed by atoms with Gasteiger partial charge in [0.15, 0.2) is 0 Å². The third kappa shape index (κ3) is 5.67. The maximum atomic E-state index is 11.9. The Labute approximate surface area is 122 Å². The first kappa shape index (κ1) is 16.7. The maximum Gasteiger partial charge on any atom is 0.220 e. The van der Waals surface area contributed by atoms with Crippen LogP contribution >= 0.6 is 12.4 Å². The number of halogens is 1. The lowest BCUT2D eigenvalue weighted by atomic mass is 9.92. The van der Waals surface area contributed by atoms with Crippen molar-refractivity contribution in [3.05, 3.63) is 0 Å². The van der Waals surface area contributed by atoms with Crippen LogP contribution in [0.2, 0.25) is 0 Å². The SMILES string of the molecule is CC(NC(=O)CCC1CCNC1)C1CCOCC1.Cl. The highest BCUT2D eigenvalue weighted by molar-refractivity contribution is 5.85. The van der Waals surface area contributed by atoms with E-state index >= 15 is 0 Å². The van der Waals surface area contributed by atoms with Crippen molar-refractivity contribution in [1.82, 2.24) is 10.6 Å². The van der Waals surface area contributed by atoms with Crippen molar-refractivity contribution < 1.29 is 9.53 Å². The molecule has 1 amide bonds. The standard InChI is InChI=1S/C14H26N2O2.ClH/c1-11(13-5-8-18-9-6-13)16-14(17)3-2-12-4-7-15-10-12;/h11-13,15H,2-10H2,1H3,(H,16,17);1H. The van der Waals surface area contributed by atoms with Gasteiger partial charge in [-0.3, -0.25) is 4.79 Å². The van der Waals surface area contributed by atoms with Gasteiger partial charge in [-0.25, -0.2) is 0 Å². The van der Waals surface area contributed by atoms with E-state index in [1.54, 1.807) is 0 Å². The van der Waals surface area contributed by atoms with E-state index < -0.39 is 0 Å². The van der Waals surface area contributed by atoms with E-state index in [4.69, 9.17) is 4.74 Å². The molecule has 2 N–H and O–H groups in total. The second-order valence-corrected chi connectivity index (χ2v) is 5.70. The van der Waals surface area contributed by atoms with Crippen molar-refractivity contribution in [3.63, 3.8) is 0 Å². The lowest BCUT2D eigenvalue weighted by Crippen LogP contribution is -2.40. The lowest BCUT2D eigenvalue weighted by Gasteiger charge is -2.28. The summed E-state index contributed by atoms with van der Waals surface area (Å²) in [4.78, 5) is 11.9. The summed E-state index contributed by atoms with van der Waals surface area (Å²) in [6.07, 6.45) is 5.09. The molecule has 0 saturated carbocycles. The zero-order valence-electron chi connectivity index (χ0n) is 11.8. The highest BCUT2D eigenvalue weighted by atomic mass is 35.5. The van der Waals surface area contributed by atoms with Crippen molar-refractivity contribution in [1.29, 1.82) is 0 Å². The van der Waals surface area contributed by atoms with Crippen LogP contribution in [0.3, 0.4) is 0 Å². The molecule has 5 heteroatoms.